The maximum Gasteiger partial charge on any atom is 0.331 e. The molecule has 15 aliphatic heterocycles. The van der Waals surface area contributed by atoms with Crippen molar-refractivity contribution in [2.45, 2.75) is 417 Å². The summed E-state index contributed by atoms with van der Waals surface area (Å²) >= 11 is 1.99. The number of carbonyl (C=O) groups is 5. The molecule has 0 amide bonds. The Morgan fingerprint density at radius 2 is 0.694 bits per heavy atom. The summed E-state index contributed by atoms with van der Waals surface area (Å²) in [6, 6.07) is 25.3. The standard InChI is InChI=1S/C21H26N2O3.C21H32N2O2.C20H30N2O2.C20H23NO2S.C17H24N2O3/c1-25-16-7-5-14(6-8-16)13-22-17-10-15-11-20(24)26-21(15)12-18(17)23-9-3-2-4-19(21)23;24-20-13-15-12-17(22-16-8-4-2-1-3-5-9-16)18-14-21(15,25-20)19-10-6-7-11-23(18)19;23-19-12-14-11-16(21-15-7-3-1-2-4-8-15)17-13-20(14,24-19)18-9-5-6-10-22(17)18;1-13-5-7-15(8-6-13)24-17-10-14-11-19(22)23-20(14)12-16(17)21-9-3-2-4-18(20)21;20-12-7-11(8-12)18-13-5-10-6-16(21)22-17(10)9-14(13)19-4-2-1-3-15(17)19/h5-8,11,17-19,22H,2-4,9-10,12-13H2,1H3;13,16-19,22H,1-12,14H2;12,15-18,21H,1-11,13H2;5-8,11,16-18H,2-4,9-10,12H2,1H3;6,11-15,18,20H,1-5,7-9H2/t17-,18-,19+,21-;17?,18-,19+,21-;16?,17-,18+,20-;16-,17?,18+,20-;11?,12?,13?,14-,15+,17-/m00000/s1. The first-order chi connectivity index (χ1) is 59.0. The van der Waals surface area contributed by atoms with Gasteiger partial charge in [0.2, 0.25) is 0 Å². The number of nitrogens with one attached hydrogen (secondary N) is 4. The van der Waals surface area contributed by atoms with E-state index in [1.807, 2.05) is 36.0 Å². The van der Waals surface area contributed by atoms with E-state index in [0.717, 1.165) is 122 Å². The Morgan fingerprint density at radius 1 is 0.380 bits per heavy atom. The molecule has 18 fully saturated rings. The van der Waals surface area contributed by atoms with Gasteiger partial charge >= 0.3 is 29.8 Å². The smallest absolute Gasteiger partial charge is 0.331 e. The number of piperidine rings is 5. The van der Waals surface area contributed by atoms with E-state index in [1.165, 1.54) is 224 Å². The van der Waals surface area contributed by atoms with Crippen LogP contribution in [-0.4, -0.2) is 241 Å². The molecule has 20 atom stereocenters. The van der Waals surface area contributed by atoms with Gasteiger partial charge in [-0.25, -0.2) is 24.0 Å². The molecule has 5 N–H and O–H groups in total. The van der Waals surface area contributed by atoms with Gasteiger partial charge in [-0.1, -0.05) is 120 Å². The highest BCUT2D eigenvalue weighted by atomic mass is 32.2. The van der Waals surface area contributed by atoms with Gasteiger partial charge in [0.15, 0.2) is 28.0 Å². The van der Waals surface area contributed by atoms with E-state index < -0.39 is 0 Å². The first kappa shape index (κ1) is 82.2. The van der Waals surface area contributed by atoms with Crippen molar-refractivity contribution in [3.63, 3.8) is 0 Å². The summed E-state index contributed by atoms with van der Waals surface area (Å²) in [6.07, 6.45) is 56.8. The lowest BCUT2D eigenvalue weighted by Gasteiger charge is -2.41. The molecular weight excluding hydrogens is 1540 g/mol. The van der Waals surface area contributed by atoms with Crippen LogP contribution in [0.3, 0.4) is 0 Å². The molecule has 2 aromatic carbocycles. The number of thioether (sulfide) groups is 1. The van der Waals surface area contributed by atoms with Gasteiger partial charge in [0.25, 0.3) is 0 Å². The first-order valence-corrected chi connectivity index (χ1v) is 49.5. The number of rotatable bonds is 12. The minimum Gasteiger partial charge on any atom is -0.497 e. The van der Waals surface area contributed by atoms with E-state index in [-0.39, 0.29) is 64.0 Å². The zero-order valence-electron chi connectivity index (χ0n) is 72.1. The van der Waals surface area contributed by atoms with Crippen molar-refractivity contribution in [2.75, 3.05) is 39.8 Å². The molecule has 0 aromatic heterocycles. The quantitative estimate of drug-likeness (QED) is 0.0756. The monoisotopic (exact) mass is 1670 g/mol. The Kier molecular flexibility index (Phi) is 23.0. The molecular formula is C99H135N9O12S. The number of carbonyl (C=O) groups excluding carboxylic acids is 5. The molecule has 8 aliphatic carbocycles. The number of benzene rings is 2. The molecule has 22 heteroatoms. The Morgan fingerprint density at radius 3 is 1.06 bits per heavy atom. The molecule has 10 bridgehead atoms. The van der Waals surface area contributed by atoms with Crippen molar-refractivity contribution in [3.8, 4) is 5.75 Å². The van der Waals surface area contributed by atoms with Crippen LogP contribution in [0.2, 0.25) is 0 Å². The molecule has 21 nitrogen and oxygen atoms in total. The van der Waals surface area contributed by atoms with Crippen LogP contribution >= 0.6 is 11.8 Å². The minimum absolute atomic E-state index is 0.0900. The number of ether oxygens (including phenoxy) is 6. The van der Waals surface area contributed by atoms with Gasteiger partial charge in [0.1, 0.15) is 5.75 Å². The number of aliphatic hydroxyl groups excluding tert-OH is 1. The van der Waals surface area contributed by atoms with Crippen LogP contribution < -0.4 is 26.0 Å². The maximum atomic E-state index is 12.1. The van der Waals surface area contributed by atoms with Crippen LogP contribution in [0.4, 0.5) is 0 Å². The number of fused-ring (bicyclic) bond motifs is 15. The second-order valence-electron chi connectivity index (χ2n) is 41.2. The summed E-state index contributed by atoms with van der Waals surface area (Å²) in [5, 5.41) is 25.7. The highest BCUT2D eigenvalue weighted by Gasteiger charge is 2.70. The molecule has 15 heterocycles. The molecule has 10 saturated heterocycles. The van der Waals surface area contributed by atoms with E-state index in [0.29, 0.717) is 108 Å². The van der Waals surface area contributed by atoms with Gasteiger partial charge < -0.3 is 54.8 Å². The first-order valence-electron chi connectivity index (χ1n) is 48.6. The fraction of sp³-hybridized carbons (Fsp3) is 0.727. The van der Waals surface area contributed by atoms with Gasteiger partial charge in [0, 0.05) is 152 Å². The highest BCUT2D eigenvalue weighted by Crippen LogP contribution is 2.61. The van der Waals surface area contributed by atoms with E-state index >= 15 is 0 Å². The Labute approximate surface area is 721 Å². The lowest BCUT2D eigenvalue weighted by Crippen LogP contribution is -2.56. The Hall–Kier alpha value is -5.76. The van der Waals surface area contributed by atoms with Crippen LogP contribution in [0.1, 0.15) is 268 Å². The number of hydrogen-bond acceptors (Lipinski definition) is 22. The van der Waals surface area contributed by atoms with Crippen molar-refractivity contribution in [1.29, 1.82) is 0 Å². The van der Waals surface area contributed by atoms with Gasteiger partial charge in [-0.2, -0.15) is 0 Å². The Balaban J connectivity index is 0.0000000934. The number of methoxy groups -OCH3 is 1. The predicted molar refractivity (Wildman–Crippen MR) is 463 cm³/mol. The second kappa shape index (κ2) is 33.8. The molecule has 654 valence electrons. The Bertz CT molecular complexity index is 4380. The predicted octanol–water partition coefficient (Wildman–Crippen LogP) is 13.1. The molecule has 8 saturated carbocycles. The van der Waals surface area contributed by atoms with Crippen LogP contribution in [0, 0.1) is 6.92 Å². The van der Waals surface area contributed by atoms with E-state index in [1.54, 1.807) is 25.3 Å². The van der Waals surface area contributed by atoms with Crippen molar-refractivity contribution >= 4 is 41.6 Å². The number of esters is 5. The van der Waals surface area contributed by atoms with Crippen LogP contribution in [0.25, 0.3) is 0 Å². The molecule has 121 heavy (non-hydrogen) atoms. The minimum atomic E-state index is -0.319. The summed E-state index contributed by atoms with van der Waals surface area (Å²) in [5.74, 6) is 0.314. The molecule has 23 aliphatic rings. The van der Waals surface area contributed by atoms with Crippen LogP contribution in [0.15, 0.2) is 112 Å². The summed E-state index contributed by atoms with van der Waals surface area (Å²) < 4.78 is 35.0. The summed E-state index contributed by atoms with van der Waals surface area (Å²) in [5.41, 5.74) is 7.43. The molecule has 0 radical (unpaired) electrons. The van der Waals surface area contributed by atoms with Crippen molar-refractivity contribution < 1.29 is 57.5 Å². The molecule has 5 spiro atoms. The number of nitrogens with zero attached hydrogens (tertiary/aromatic N) is 5. The van der Waals surface area contributed by atoms with E-state index in [2.05, 4.69) is 89.1 Å². The number of aryl methyl sites for hydroxylation is 1. The van der Waals surface area contributed by atoms with Crippen molar-refractivity contribution in [1.82, 2.24) is 45.8 Å². The summed E-state index contributed by atoms with van der Waals surface area (Å²) in [6.45, 7) is 8.75. The summed E-state index contributed by atoms with van der Waals surface area (Å²) in [7, 11) is 1.69. The molecule has 25 rings (SSSR count). The van der Waals surface area contributed by atoms with Crippen molar-refractivity contribution in [2.24, 2.45) is 0 Å². The lowest BCUT2D eigenvalue weighted by atomic mass is 9.75. The maximum absolute atomic E-state index is 12.1. The zero-order chi connectivity index (χ0) is 81.9. The highest BCUT2D eigenvalue weighted by molar-refractivity contribution is 8.00. The normalized spacial score (nSPS) is 41.4. The molecule has 2 aromatic rings. The van der Waals surface area contributed by atoms with Gasteiger partial charge in [0.05, 0.1) is 43.4 Å². The lowest BCUT2D eigenvalue weighted by molar-refractivity contribution is -0.149. The average molecular weight is 1680 g/mol. The van der Waals surface area contributed by atoms with Gasteiger partial charge in [-0.15, -0.1) is 11.8 Å². The molecule has 4 unspecified atom stereocenters. The SMILES string of the molecule is COc1ccc(CN[C@H]2CC3=CC(=O)O[C@@]34C[C@@H]2N2CCCC[C@@H]24)cc1.Cc1ccc(SC2CC3=CC(=O)O[C@@]34C[C@@H]2N2CCCC[C@@H]24)cc1.O=C1C=C2CC(NC3CC(O)C3)[C@@H]3C[C@@]2(O1)[C@H]1CCCCN31.O=C1C=C2CC(NC3CCCCCC3)[C@@H]3C[C@@]2(O1)[C@H]1CCCCN31.O=C1C=C2CC(NC3CCCCCCC3)[C@@H]3C[C@@]2(O1)[C@H]1CCCCN31. The van der Waals surface area contributed by atoms with E-state index in [9.17, 15) is 29.1 Å². The average Bonchev–Trinajstić information content (AvgIpc) is 1.57. The van der Waals surface area contributed by atoms with Gasteiger partial charge in [-0.3, -0.25) is 24.5 Å². The topological polar surface area (TPSA) is 225 Å². The third-order valence-electron chi connectivity index (χ3n) is 34.6. The third-order valence-corrected chi connectivity index (χ3v) is 36.0. The fourth-order valence-electron chi connectivity index (χ4n) is 29.2. The summed E-state index contributed by atoms with van der Waals surface area (Å²) in [4.78, 5) is 74.9. The largest absolute Gasteiger partial charge is 0.497 e. The van der Waals surface area contributed by atoms with Crippen molar-refractivity contribution in [3.05, 3.63) is 118 Å². The van der Waals surface area contributed by atoms with Gasteiger partial charge in [-0.05, 0) is 232 Å². The zero-order valence-corrected chi connectivity index (χ0v) is 72.9. The van der Waals surface area contributed by atoms with Crippen LogP contribution in [-0.2, 0) is 54.2 Å². The fourth-order valence-corrected chi connectivity index (χ4v) is 30.5. The number of aliphatic hydroxyl groups is 1. The third kappa shape index (κ3) is 15.0. The van der Waals surface area contributed by atoms with E-state index in [4.69, 9.17) is 28.4 Å². The second-order valence-corrected chi connectivity index (χ2v) is 42.5. The number of hydrogen-bond donors (Lipinski definition) is 5. The van der Waals surface area contributed by atoms with Crippen LogP contribution in [0.5, 0.6) is 5.75 Å².